The van der Waals surface area contributed by atoms with Crippen molar-refractivity contribution in [1.82, 2.24) is 0 Å². The Balaban J connectivity index is 2.85. The lowest BCUT2D eigenvalue weighted by atomic mass is 10.1. The molecular weight excluding hydrogens is 200 g/mol. The third-order valence-electron chi connectivity index (χ3n) is 2.00. The molecule has 1 aromatic rings. The van der Waals surface area contributed by atoms with Gasteiger partial charge in [-0.2, -0.15) is 0 Å². The maximum Gasteiger partial charge on any atom is 0.0348 e. The summed E-state index contributed by atoms with van der Waals surface area (Å²) in [6.07, 6.45) is 0.396. The first-order valence-electron chi connectivity index (χ1n) is 4.22. The molecule has 14 heavy (non-hydrogen) atoms. The summed E-state index contributed by atoms with van der Waals surface area (Å²) in [5.41, 5.74) is 13.2. The zero-order valence-electron chi connectivity index (χ0n) is 7.90. The zero-order valence-corrected chi connectivity index (χ0v) is 8.71. The molecule has 4 N–H and O–H groups in total. The Hall–Kier alpha value is -1.07. The molecule has 0 heterocycles. The summed E-state index contributed by atoms with van der Waals surface area (Å²) in [7, 11) is 0. The van der Waals surface area contributed by atoms with E-state index >= 15 is 0 Å². The number of nitrogens with two attached hydrogens (primary N) is 2. The second-order valence-corrected chi connectivity index (χ2v) is 4.56. The minimum atomic E-state index is -2.07. The molecule has 1 aromatic carbocycles. The molecule has 5 heteroatoms. The average molecular weight is 213 g/mol. The van der Waals surface area contributed by atoms with Crippen LogP contribution >= 0.6 is 0 Å². The molecule has 0 fully saturated rings. The van der Waals surface area contributed by atoms with E-state index in [4.69, 9.17) is 11.5 Å². The number of nitrogen functional groups attached to an aromatic ring is 2. The van der Waals surface area contributed by atoms with Crippen molar-refractivity contribution in [3.63, 3.8) is 0 Å². The monoisotopic (exact) mass is 213 g/mol. The van der Waals surface area contributed by atoms with Gasteiger partial charge in [0.15, 0.2) is 0 Å². The third kappa shape index (κ3) is 2.71. The van der Waals surface area contributed by atoms with Gasteiger partial charge >= 0.3 is 0 Å². The van der Waals surface area contributed by atoms with Crippen LogP contribution in [0, 0.1) is 0 Å². The van der Waals surface area contributed by atoms with E-state index in [2.05, 4.69) is 0 Å². The summed E-state index contributed by atoms with van der Waals surface area (Å²) in [5, 5.41) is -0.445. The van der Waals surface area contributed by atoms with Gasteiger partial charge < -0.3 is 16.0 Å². The van der Waals surface area contributed by atoms with Gasteiger partial charge in [-0.15, -0.1) is 0 Å². The largest absolute Gasteiger partial charge is 0.772 e. The summed E-state index contributed by atoms with van der Waals surface area (Å²) in [6, 6.07) is 5.08. The molecule has 0 aliphatic rings. The molecule has 0 aliphatic carbocycles. The highest BCUT2D eigenvalue weighted by atomic mass is 32.2. The van der Waals surface area contributed by atoms with E-state index in [0.717, 1.165) is 5.56 Å². The molecule has 2 unspecified atom stereocenters. The Labute approximate surface area is 85.6 Å². The first-order valence-corrected chi connectivity index (χ1v) is 5.36. The molecule has 78 valence electrons. The van der Waals surface area contributed by atoms with Gasteiger partial charge in [0.25, 0.3) is 0 Å². The van der Waals surface area contributed by atoms with E-state index in [1.807, 2.05) is 0 Å². The van der Waals surface area contributed by atoms with Gasteiger partial charge in [0.05, 0.1) is 0 Å². The summed E-state index contributed by atoms with van der Waals surface area (Å²) in [5.74, 6) is 0. The maximum absolute atomic E-state index is 10.6. The van der Waals surface area contributed by atoms with Crippen molar-refractivity contribution < 1.29 is 8.76 Å². The predicted molar refractivity (Wildman–Crippen MR) is 57.4 cm³/mol. The van der Waals surface area contributed by atoms with E-state index in [1.54, 1.807) is 25.1 Å². The summed E-state index contributed by atoms with van der Waals surface area (Å²) in [4.78, 5) is 0. The molecule has 0 bridgehead atoms. The van der Waals surface area contributed by atoms with E-state index in [0.29, 0.717) is 17.8 Å². The quantitative estimate of drug-likeness (QED) is 0.570. The standard InChI is InChI=1S/C9H14N2O2S/c1-6(14(12)13)4-7-5-8(10)2-3-9(7)11/h2-3,5-6H,4,10-11H2,1H3,(H,12,13)/p-1. The van der Waals surface area contributed by atoms with Crippen LogP contribution < -0.4 is 11.5 Å². The molecular formula is C9H13N2O2S-. The van der Waals surface area contributed by atoms with Crippen LogP contribution in [0.1, 0.15) is 12.5 Å². The van der Waals surface area contributed by atoms with Crippen molar-refractivity contribution in [3.8, 4) is 0 Å². The second kappa shape index (κ2) is 4.43. The fourth-order valence-electron chi connectivity index (χ4n) is 1.18. The molecule has 0 amide bonds. The maximum atomic E-state index is 10.6. The fraction of sp³-hybridized carbons (Fsp3) is 0.333. The summed E-state index contributed by atoms with van der Waals surface area (Å²) in [6.45, 7) is 1.63. The normalized spacial score (nSPS) is 15.0. The molecule has 0 aliphatic heterocycles. The van der Waals surface area contributed by atoms with Gasteiger partial charge in [-0.05, 0) is 30.2 Å². The first-order chi connectivity index (χ1) is 6.50. The molecule has 4 nitrogen and oxygen atoms in total. The lowest BCUT2D eigenvalue weighted by Crippen LogP contribution is -2.14. The Morgan fingerprint density at radius 1 is 1.50 bits per heavy atom. The van der Waals surface area contributed by atoms with Crippen molar-refractivity contribution in [2.45, 2.75) is 18.6 Å². The smallest absolute Gasteiger partial charge is 0.0348 e. The van der Waals surface area contributed by atoms with Crippen LogP contribution in [-0.4, -0.2) is 14.0 Å². The first kappa shape index (κ1) is 11.0. The molecule has 2 atom stereocenters. The number of benzene rings is 1. The SMILES string of the molecule is CC(Cc1cc(N)ccc1N)S(=O)[O-]. The molecule has 0 saturated carbocycles. The number of hydrogen-bond donors (Lipinski definition) is 2. The van der Waals surface area contributed by atoms with Gasteiger partial charge in [0.1, 0.15) is 0 Å². The van der Waals surface area contributed by atoms with Gasteiger partial charge in [0, 0.05) is 16.6 Å². The highest BCUT2D eigenvalue weighted by Crippen LogP contribution is 2.18. The van der Waals surface area contributed by atoms with Crippen LogP contribution in [0.5, 0.6) is 0 Å². The number of anilines is 2. The minimum absolute atomic E-state index is 0.396. The Kier molecular flexibility index (Phi) is 3.49. The highest BCUT2D eigenvalue weighted by Gasteiger charge is 2.06. The topological polar surface area (TPSA) is 92.2 Å². The Bertz CT molecular complexity index is 355. The van der Waals surface area contributed by atoms with Crippen LogP contribution in [0.15, 0.2) is 18.2 Å². The van der Waals surface area contributed by atoms with Crippen molar-refractivity contribution in [1.29, 1.82) is 0 Å². The van der Waals surface area contributed by atoms with Gasteiger partial charge in [-0.25, -0.2) is 0 Å². The highest BCUT2D eigenvalue weighted by molar-refractivity contribution is 7.79. The van der Waals surface area contributed by atoms with Gasteiger partial charge in [-0.3, -0.25) is 4.21 Å². The van der Waals surface area contributed by atoms with Crippen LogP contribution in [0.25, 0.3) is 0 Å². The van der Waals surface area contributed by atoms with E-state index in [1.165, 1.54) is 0 Å². The Morgan fingerprint density at radius 3 is 2.71 bits per heavy atom. The molecule has 0 radical (unpaired) electrons. The minimum Gasteiger partial charge on any atom is -0.772 e. The Morgan fingerprint density at radius 2 is 2.14 bits per heavy atom. The van der Waals surface area contributed by atoms with E-state index in [9.17, 15) is 8.76 Å². The van der Waals surface area contributed by atoms with Crippen LogP contribution in [0.4, 0.5) is 11.4 Å². The van der Waals surface area contributed by atoms with Crippen molar-refractivity contribution in [2.24, 2.45) is 0 Å². The van der Waals surface area contributed by atoms with Crippen molar-refractivity contribution >= 4 is 22.5 Å². The number of hydrogen-bond acceptors (Lipinski definition) is 4. The predicted octanol–water partition coefficient (Wildman–Crippen LogP) is 0.661. The van der Waals surface area contributed by atoms with Crippen LogP contribution in [-0.2, 0) is 17.5 Å². The molecule has 0 aromatic heterocycles. The summed E-state index contributed by atoms with van der Waals surface area (Å²) < 4.78 is 21.3. The zero-order chi connectivity index (χ0) is 10.7. The van der Waals surface area contributed by atoms with Crippen LogP contribution in [0.3, 0.4) is 0 Å². The van der Waals surface area contributed by atoms with Gasteiger partial charge in [0.2, 0.25) is 0 Å². The molecule has 1 rings (SSSR count). The van der Waals surface area contributed by atoms with Crippen molar-refractivity contribution in [2.75, 3.05) is 11.5 Å². The lowest BCUT2D eigenvalue weighted by Gasteiger charge is -2.15. The van der Waals surface area contributed by atoms with E-state index in [-0.39, 0.29) is 0 Å². The van der Waals surface area contributed by atoms with Crippen LogP contribution in [0.2, 0.25) is 0 Å². The van der Waals surface area contributed by atoms with Crippen molar-refractivity contribution in [3.05, 3.63) is 23.8 Å². The van der Waals surface area contributed by atoms with E-state index < -0.39 is 16.3 Å². The average Bonchev–Trinajstić information content (AvgIpc) is 2.11. The second-order valence-electron chi connectivity index (χ2n) is 3.23. The molecule has 0 spiro atoms. The van der Waals surface area contributed by atoms with Gasteiger partial charge in [-0.1, -0.05) is 18.0 Å². The summed E-state index contributed by atoms with van der Waals surface area (Å²) >= 11 is -2.07. The fourth-order valence-corrected chi connectivity index (χ4v) is 1.50. The lowest BCUT2D eigenvalue weighted by molar-refractivity contribution is 0.524. The third-order valence-corrected chi connectivity index (χ3v) is 2.83. The number of rotatable bonds is 3. The molecule has 0 saturated heterocycles.